The van der Waals surface area contributed by atoms with Crippen LogP contribution in [0.25, 0.3) is 0 Å². The molecule has 59 heavy (non-hydrogen) atoms. The van der Waals surface area contributed by atoms with Crippen molar-refractivity contribution in [3.63, 3.8) is 0 Å². The fourth-order valence-electron chi connectivity index (χ4n) is 6.47. The van der Waals surface area contributed by atoms with Crippen LogP contribution < -0.4 is 14.8 Å². The summed E-state index contributed by atoms with van der Waals surface area (Å²) < 4.78 is 25.2. The molecule has 1 aliphatic carbocycles. The van der Waals surface area contributed by atoms with Crippen LogP contribution in [0.1, 0.15) is 158 Å². The van der Waals surface area contributed by atoms with Crippen LogP contribution in [0.15, 0.2) is 108 Å². The molecule has 5 aromatic rings. The highest BCUT2D eigenvalue weighted by atomic mass is 79.9. The molecular formula is C53H72BrClFNO2. The number of hydrogen-bond acceptors (Lipinski definition) is 3. The molecule has 3 nitrogen and oxygen atoms in total. The summed E-state index contributed by atoms with van der Waals surface area (Å²) in [5.74, 6) is 4.27. The molecule has 1 saturated carbocycles. The van der Waals surface area contributed by atoms with E-state index in [9.17, 15) is 4.39 Å². The van der Waals surface area contributed by atoms with Gasteiger partial charge in [0, 0.05) is 26.8 Å². The minimum Gasteiger partial charge on any atom is -0.496 e. The van der Waals surface area contributed by atoms with Crippen LogP contribution in [0.3, 0.4) is 0 Å². The van der Waals surface area contributed by atoms with Gasteiger partial charge in [-0.05, 0) is 132 Å². The van der Waals surface area contributed by atoms with Crippen molar-refractivity contribution >= 4 is 33.2 Å². The molecular weight excluding hydrogens is 817 g/mol. The summed E-state index contributed by atoms with van der Waals surface area (Å²) in [4.78, 5) is 0. The lowest BCUT2D eigenvalue weighted by Crippen LogP contribution is -2.06. The summed E-state index contributed by atoms with van der Waals surface area (Å²) in [7, 11) is 3.39. The summed E-state index contributed by atoms with van der Waals surface area (Å²) in [5.41, 5.74) is 9.96. The largest absolute Gasteiger partial charge is 0.496 e. The molecule has 1 aliphatic rings. The number of hydrogen-bond donors (Lipinski definition) is 1. The van der Waals surface area contributed by atoms with E-state index in [1.54, 1.807) is 20.3 Å². The van der Waals surface area contributed by atoms with E-state index in [4.69, 9.17) is 21.1 Å². The number of aryl methyl sites for hydroxylation is 2. The van der Waals surface area contributed by atoms with E-state index in [1.165, 1.54) is 51.2 Å². The van der Waals surface area contributed by atoms with Gasteiger partial charge in [-0.15, -0.1) is 0 Å². The van der Waals surface area contributed by atoms with Crippen molar-refractivity contribution in [3.8, 4) is 11.5 Å². The molecule has 0 amide bonds. The van der Waals surface area contributed by atoms with Crippen molar-refractivity contribution in [2.45, 2.75) is 138 Å². The number of rotatable bonds is 10. The van der Waals surface area contributed by atoms with Gasteiger partial charge in [-0.25, -0.2) is 4.39 Å². The zero-order chi connectivity index (χ0) is 44.2. The molecule has 0 saturated heterocycles. The molecule has 1 N–H and O–H groups in total. The second kappa shape index (κ2) is 26.4. The maximum atomic E-state index is 13.5. The van der Waals surface area contributed by atoms with Gasteiger partial charge in [0.1, 0.15) is 17.3 Å². The Morgan fingerprint density at radius 2 is 1.17 bits per heavy atom. The standard InChI is InChI=1S/C12H16FN.C12H18.C10H13ClO.C10H14O.C9H11Br/c1-8(2)12-10(13)4-3-5-11(12)14-9-6-7-9;1-5-11-7-6-10(4)12(8-11)9(2)3;1-7(2)9-6-8(11)4-5-10(9)12-3;1-8(2)9-6-4-5-7-10(9)11-3;1-7(2)8-5-3-4-6-9(8)10/h3-5,8-9,14H,6-7H2,1-2H3;6-9H,5H2,1-4H3;4-7H,1-3H3;4-8H,1-3H3;3-7H,1-2H3. The highest BCUT2D eigenvalue weighted by Crippen LogP contribution is 2.32. The van der Waals surface area contributed by atoms with Crippen LogP contribution in [0.4, 0.5) is 10.1 Å². The highest BCUT2D eigenvalue weighted by molar-refractivity contribution is 9.10. The highest BCUT2D eigenvalue weighted by Gasteiger charge is 2.23. The Balaban J connectivity index is 0.000000255. The molecule has 5 aromatic carbocycles. The van der Waals surface area contributed by atoms with E-state index in [-0.39, 0.29) is 11.7 Å². The third-order valence-electron chi connectivity index (χ3n) is 10.0. The number of para-hydroxylation sites is 1. The molecule has 0 bridgehead atoms. The van der Waals surface area contributed by atoms with E-state index < -0.39 is 0 Å². The molecule has 0 heterocycles. The number of benzene rings is 5. The summed E-state index contributed by atoms with van der Waals surface area (Å²) in [6.07, 6.45) is 3.57. The van der Waals surface area contributed by atoms with Gasteiger partial charge in [-0.2, -0.15) is 0 Å². The quantitative estimate of drug-likeness (QED) is 0.152. The van der Waals surface area contributed by atoms with Crippen LogP contribution in [0, 0.1) is 12.7 Å². The first-order valence-corrected chi connectivity index (χ1v) is 22.5. The third kappa shape index (κ3) is 17.8. The lowest BCUT2D eigenvalue weighted by molar-refractivity contribution is 0.407. The number of anilines is 1. The van der Waals surface area contributed by atoms with E-state index >= 15 is 0 Å². The first-order chi connectivity index (χ1) is 27.9. The predicted molar refractivity (Wildman–Crippen MR) is 259 cm³/mol. The average Bonchev–Trinajstić information content (AvgIpc) is 4.03. The fraction of sp³-hybridized carbons (Fsp3) is 0.434. The number of ether oxygens (including phenoxy) is 2. The Labute approximate surface area is 371 Å². The fourth-order valence-corrected chi connectivity index (χ4v) is 7.40. The molecule has 322 valence electrons. The summed E-state index contributed by atoms with van der Waals surface area (Å²) in [5, 5.41) is 4.13. The van der Waals surface area contributed by atoms with Crippen molar-refractivity contribution < 1.29 is 13.9 Å². The molecule has 0 atom stereocenters. The minimum absolute atomic E-state index is 0.0920. The maximum absolute atomic E-state index is 13.5. The van der Waals surface area contributed by atoms with Crippen molar-refractivity contribution in [2.24, 2.45) is 0 Å². The molecule has 0 unspecified atom stereocenters. The first kappa shape index (κ1) is 51.3. The van der Waals surface area contributed by atoms with Crippen LogP contribution in [-0.4, -0.2) is 20.3 Å². The van der Waals surface area contributed by atoms with E-state index in [0.29, 0.717) is 29.7 Å². The maximum Gasteiger partial charge on any atom is 0.128 e. The zero-order valence-corrected chi connectivity index (χ0v) is 40.7. The molecule has 0 aromatic heterocycles. The topological polar surface area (TPSA) is 30.5 Å². The second-order valence-electron chi connectivity index (χ2n) is 16.6. The Hall–Kier alpha value is -3.80. The Kier molecular flexibility index (Phi) is 23.0. The van der Waals surface area contributed by atoms with Gasteiger partial charge in [-0.3, -0.25) is 0 Å². The Morgan fingerprint density at radius 3 is 1.64 bits per heavy atom. The number of halogens is 3. The molecule has 6 rings (SSSR count). The molecule has 1 fully saturated rings. The van der Waals surface area contributed by atoms with Gasteiger partial charge >= 0.3 is 0 Å². The van der Waals surface area contributed by atoms with Crippen molar-refractivity contribution in [1.82, 2.24) is 0 Å². The van der Waals surface area contributed by atoms with Gasteiger partial charge < -0.3 is 14.8 Å². The van der Waals surface area contributed by atoms with Crippen molar-refractivity contribution in [1.29, 1.82) is 0 Å². The SMILES string of the molecule is CC(C)c1c(F)cccc1NC1CC1.CC(C)c1ccccc1Br.CCc1ccc(C)c(C(C)C)c1.COc1ccc(Cl)cc1C(C)C.COc1ccccc1C(C)C. The summed E-state index contributed by atoms with van der Waals surface area (Å²) >= 11 is 9.36. The normalized spacial score (nSPS) is 11.8. The van der Waals surface area contributed by atoms with Gasteiger partial charge in [-0.1, -0.05) is 164 Å². The van der Waals surface area contributed by atoms with Crippen LogP contribution in [0.2, 0.25) is 5.02 Å². The van der Waals surface area contributed by atoms with Crippen LogP contribution in [-0.2, 0) is 6.42 Å². The Morgan fingerprint density at radius 1 is 0.627 bits per heavy atom. The number of nitrogens with one attached hydrogen (secondary N) is 1. The lowest BCUT2D eigenvalue weighted by Gasteiger charge is -2.14. The van der Waals surface area contributed by atoms with Gasteiger partial charge in [0.05, 0.1) is 14.2 Å². The zero-order valence-electron chi connectivity index (χ0n) is 38.4. The van der Waals surface area contributed by atoms with Crippen molar-refractivity contribution in [2.75, 3.05) is 19.5 Å². The third-order valence-corrected chi connectivity index (χ3v) is 11.0. The summed E-state index contributed by atoms with van der Waals surface area (Å²) in [6, 6.07) is 34.8. The van der Waals surface area contributed by atoms with E-state index in [1.807, 2.05) is 62.4 Å². The Bertz CT molecular complexity index is 1970. The molecule has 0 radical (unpaired) electrons. The first-order valence-electron chi connectivity index (χ1n) is 21.3. The van der Waals surface area contributed by atoms with E-state index in [0.717, 1.165) is 39.8 Å². The smallest absolute Gasteiger partial charge is 0.128 e. The van der Waals surface area contributed by atoms with Crippen LogP contribution in [0.5, 0.6) is 11.5 Å². The summed E-state index contributed by atoms with van der Waals surface area (Å²) in [6.45, 7) is 25.9. The minimum atomic E-state index is -0.0920. The van der Waals surface area contributed by atoms with Crippen molar-refractivity contribution in [3.05, 3.63) is 157 Å². The number of methoxy groups -OCH3 is 2. The van der Waals surface area contributed by atoms with E-state index in [2.05, 4.69) is 133 Å². The molecule has 0 spiro atoms. The van der Waals surface area contributed by atoms with Gasteiger partial charge in [0.25, 0.3) is 0 Å². The van der Waals surface area contributed by atoms with Gasteiger partial charge in [0.2, 0.25) is 0 Å². The van der Waals surface area contributed by atoms with Crippen LogP contribution >= 0.6 is 27.5 Å². The monoisotopic (exact) mass is 887 g/mol. The second-order valence-corrected chi connectivity index (χ2v) is 17.9. The van der Waals surface area contributed by atoms with Gasteiger partial charge in [0.15, 0.2) is 0 Å². The molecule has 6 heteroatoms. The average molecular weight is 890 g/mol. The predicted octanol–water partition coefficient (Wildman–Crippen LogP) is 17.1. The lowest BCUT2D eigenvalue weighted by atomic mass is 9.95. The molecule has 0 aliphatic heterocycles.